The average molecular weight is 296 g/mol. The van der Waals surface area contributed by atoms with Crippen LogP contribution in [0, 0.1) is 20.8 Å². The molecule has 0 radical (unpaired) electrons. The summed E-state index contributed by atoms with van der Waals surface area (Å²) < 4.78 is 5.33. The van der Waals surface area contributed by atoms with Gasteiger partial charge in [0, 0.05) is 4.88 Å². The van der Waals surface area contributed by atoms with Crippen molar-refractivity contribution in [3.05, 3.63) is 49.7 Å². The summed E-state index contributed by atoms with van der Waals surface area (Å²) in [4.78, 5) is 1.02. The van der Waals surface area contributed by atoms with Crippen LogP contribution in [0.25, 0.3) is 0 Å². The molecule has 2 N–H and O–H groups in total. The van der Waals surface area contributed by atoms with E-state index in [4.69, 9.17) is 22.1 Å². The number of ether oxygens (including phenoxy) is 1. The van der Waals surface area contributed by atoms with E-state index in [2.05, 4.69) is 6.07 Å². The highest BCUT2D eigenvalue weighted by atomic mass is 35.5. The summed E-state index contributed by atoms with van der Waals surface area (Å²) in [6.45, 7) is 6.07. The van der Waals surface area contributed by atoms with Crippen molar-refractivity contribution in [3.8, 4) is 5.75 Å². The van der Waals surface area contributed by atoms with Gasteiger partial charge in [-0.05, 0) is 54.5 Å². The second-order valence-corrected chi connectivity index (χ2v) is 6.04. The maximum atomic E-state index is 6.38. The van der Waals surface area contributed by atoms with Crippen molar-refractivity contribution in [2.75, 3.05) is 7.11 Å². The molecule has 102 valence electrons. The predicted molar refractivity (Wildman–Crippen MR) is 82.6 cm³/mol. The maximum absolute atomic E-state index is 6.38. The molecule has 0 aliphatic carbocycles. The van der Waals surface area contributed by atoms with Gasteiger partial charge in [-0.2, -0.15) is 0 Å². The Hall–Kier alpha value is -1.03. The molecule has 19 heavy (non-hydrogen) atoms. The molecule has 0 amide bonds. The van der Waals surface area contributed by atoms with Crippen molar-refractivity contribution in [1.82, 2.24) is 0 Å². The van der Waals surface area contributed by atoms with Crippen LogP contribution in [0.15, 0.2) is 17.5 Å². The van der Waals surface area contributed by atoms with Crippen LogP contribution < -0.4 is 10.5 Å². The standard InChI is InChI=1S/C15H18ClNOS/c1-8-6-12(18-4)9(2)5-11(8)14(17)15-13(16)10(3)7-19-15/h5-7,14H,17H2,1-4H3. The van der Waals surface area contributed by atoms with E-state index >= 15 is 0 Å². The summed E-state index contributed by atoms with van der Waals surface area (Å²) in [7, 11) is 1.68. The van der Waals surface area contributed by atoms with E-state index in [1.165, 1.54) is 0 Å². The number of halogens is 1. The monoisotopic (exact) mass is 295 g/mol. The van der Waals surface area contributed by atoms with Crippen LogP contribution in [-0.2, 0) is 0 Å². The maximum Gasteiger partial charge on any atom is 0.122 e. The van der Waals surface area contributed by atoms with Crippen molar-refractivity contribution in [2.45, 2.75) is 26.8 Å². The summed E-state index contributed by atoms with van der Waals surface area (Å²) >= 11 is 7.93. The Morgan fingerprint density at radius 2 is 1.84 bits per heavy atom. The molecule has 2 nitrogen and oxygen atoms in total. The van der Waals surface area contributed by atoms with E-state index in [1.54, 1.807) is 18.4 Å². The Morgan fingerprint density at radius 1 is 1.16 bits per heavy atom. The molecule has 1 unspecified atom stereocenters. The highest BCUT2D eigenvalue weighted by Gasteiger charge is 2.19. The van der Waals surface area contributed by atoms with Gasteiger partial charge in [0.05, 0.1) is 18.2 Å². The van der Waals surface area contributed by atoms with Crippen LogP contribution in [-0.4, -0.2) is 7.11 Å². The lowest BCUT2D eigenvalue weighted by molar-refractivity contribution is 0.411. The van der Waals surface area contributed by atoms with Gasteiger partial charge in [0.15, 0.2) is 0 Å². The third kappa shape index (κ3) is 2.64. The summed E-state index contributed by atoms with van der Waals surface area (Å²) in [5.41, 5.74) is 10.8. The van der Waals surface area contributed by atoms with Gasteiger partial charge < -0.3 is 10.5 Å². The second kappa shape index (κ2) is 5.53. The minimum Gasteiger partial charge on any atom is -0.496 e. The van der Waals surface area contributed by atoms with Crippen LogP contribution in [0.1, 0.15) is 33.2 Å². The number of thiophene rings is 1. The van der Waals surface area contributed by atoms with Crippen molar-refractivity contribution in [2.24, 2.45) is 5.73 Å². The Balaban J connectivity index is 2.47. The van der Waals surface area contributed by atoms with Gasteiger partial charge in [-0.15, -0.1) is 11.3 Å². The summed E-state index contributed by atoms with van der Waals surface area (Å²) in [5, 5.41) is 2.83. The van der Waals surface area contributed by atoms with Gasteiger partial charge >= 0.3 is 0 Å². The first-order chi connectivity index (χ1) is 8.95. The molecule has 1 aromatic heterocycles. The van der Waals surface area contributed by atoms with Crippen LogP contribution >= 0.6 is 22.9 Å². The lowest BCUT2D eigenvalue weighted by Gasteiger charge is -2.17. The molecule has 2 rings (SSSR count). The highest BCUT2D eigenvalue weighted by Crippen LogP contribution is 2.36. The Labute approximate surface area is 123 Å². The van der Waals surface area contributed by atoms with Crippen molar-refractivity contribution >= 4 is 22.9 Å². The molecule has 0 bridgehead atoms. The lowest BCUT2D eigenvalue weighted by Crippen LogP contribution is -2.13. The third-order valence-electron chi connectivity index (χ3n) is 3.33. The molecule has 1 atom stereocenters. The van der Waals surface area contributed by atoms with Crippen LogP contribution in [0.2, 0.25) is 5.02 Å². The van der Waals surface area contributed by atoms with Gasteiger partial charge in [0.1, 0.15) is 5.75 Å². The molecule has 0 aliphatic heterocycles. The average Bonchev–Trinajstić information content (AvgIpc) is 2.71. The molecule has 0 saturated carbocycles. The molecular weight excluding hydrogens is 278 g/mol. The van der Waals surface area contributed by atoms with E-state index < -0.39 is 0 Å². The van der Waals surface area contributed by atoms with Gasteiger partial charge in [-0.1, -0.05) is 17.7 Å². The Morgan fingerprint density at radius 3 is 2.37 bits per heavy atom. The van der Waals surface area contributed by atoms with Gasteiger partial charge in [0.25, 0.3) is 0 Å². The fraction of sp³-hybridized carbons (Fsp3) is 0.333. The van der Waals surface area contributed by atoms with Gasteiger partial charge in [-0.25, -0.2) is 0 Å². The Bertz CT molecular complexity index is 606. The molecule has 2 aromatic rings. The molecule has 0 spiro atoms. The number of hydrogen-bond acceptors (Lipinski definition) is 3. The number of hydrogen-bond donors (Lipinski definition) is 1. The number of aryl methyl sites for hydroxylation is 3. The molecular formula is C15H18ClNOS. The first kappa shape index (κ1) is 14.4. The number of rotatable bonds is 3. The van der Waals surface area contributed by atoms with E-state index in [0.717, 1.165) is 37.9 Å². The molecule has 4 heteroatoms. The Kier molecular flexibility index (Phi) is 4.19. The summed E-state index contributed by atoms with van der Waals surface area (Å²) in [6.07, 6.45) is 0. The number of benzene rings is 1. The van der Waals surface area contributed by atoms with E-state index in [-0.39, 0.29) is 6.04 Å². The van der Waals surface area contributed by atoms with Crippen molar-refractivity contribution in [3.63, 3.8) is 0 Å². The molecule has 0 saturated heterocycles. The van der Waals surface area contributed by atoms with E-state index in [1.807, 2.05) is 32.2 Å². The van der Waals surface area contributed by atoms with Crippen molar-refractivity contribution < 1.29 is 4.74 Å². The summed E-state index contributed by atoms with van der Waals surface area (Å²) in [6, 6.07) is 3.93. The largest absolute Gasteiger partial charge is 0.496 e. The minimum absolute atomic E-state index is 0.184. The molecule has 0 aliphatic rings. The first-order valence-electron chi connectivity index (χ1n) is 6.10. The van der Waals surface area contributed by atoms with Gasteiger partial charge in [-0.3, -0.25) is 0 Å². The smallest absolute Gasteiger partial charge is 0.122 e. The predicted octanol–water partition coefficient (Wildman–Crippen LogP) is 4.38. The quantitative estimate of drug-likeness (QED) is 0.912. The number of methoxy groups -OCH3 is 1. The van der Waals surface area contributed by atoms with Crippen LogP contribution in [0.3, 0.4) is 0 Å². The zero-order valence-corrected chi connectivity index (χ0v) is 13.2. The zero-order valence-electron chi connectivity index (χ0n) is 11.6. The number of nitrogens with two attached hydrogens (primary N) is 1. The van der Waals surface area contributed by atoms with Crippen LogP contribution in [0.5, 0.6) is 5.75 Å². The SMILES string of the molecule is COc1cc(C)c(C(N)c2scc(C)c2Cl)cc1C. The molecule has 1 aromatic carbocycles. The fourth-order valence-electron chi connectivity index (χ4n) is 2.17. The zero-order chi connectivity index (χ0) is 14.2. The van der Waals surface area contributed by atoms with E-state index in [9.17, 15) is 0 Å². The van der Waals surface area contributed by atoms with Crippen LogP contribution in [0.4, 0.5) is 0 Å². The summed E-state index contributed by atoms with van der Waals surface area (Å²) in [5.74, 6) is 0.891. The normalized spacial score (nSPS) is 12.5. The second-order valence-electron chi connectivity index (χ2n) is 4.75. The fourth-order valence-corrected chi connectivity index (χ4v) is 3.50. The first-order valence-corrected chi connectivity index (χ1v) is 7.35. The highest BCUT2D eigenvalue weighted by molar-refractivity contribution is 7.10. The topological polar surface area (TPSA) is 35.2 Å². The van der Waals surface area contributed by atoms with E-state index in [0.29, 0.717) is 0 Å². The minimum atomic E-state index is -0.184. The lowest BCUT2D eigenvalue weighted by atomic mass is 9.97. The molecule has 1 heterocycles. The molecule has 0 fully saturated rings. The van der Waals surface area contributed by atoms with Gasteiger partial charge in [0.2, 0.25) is 0 Å². The van der Waals surface area contributed by atoms with Crippen molar-refractivity contribution in [1.29, 1.82) is 0 Å². The third-order valence-corrected chi connectivity index (χ3v) is 5.12.